The number of hydrogen-bond donors (Lipinski definition) is 5. The Morgan fingerprint density at radius 1 is 1.31 bits per heavy atom. The van der Waals surface area contributed by atoms with Gasteiger partial charge in [0.15, 0.2) is 0 Å². The lowest BCUT2D eigenvalue weighted by atomic mass is 9.95. The average molecular weight is 451 g/mol. The highest BCUT2D eigenvalue weighted by molar-refractivity contribution is 5.93. The van der Waals surface area contributed by atoms with Crippen molar-refractivity contribution < 1.29 is 42.9 Å². The van der Waals surface area contributed by atoms with Gasteiger partial charge in [0.25, 0.3) is 5.91 Å². The van der Waals surface area contributed by atoms with Crippen LogP contribution >= 0.6 is 0 Å². The van der Waals surface area contributed by atoms with Gasteiger partial charge < -0.3 is 25.0 Å². The minimum absolute atomic E-state index is 0.00274. The summed E-state index contributed by atoms with van der Waals surface area (Å²) in [7, 11) is 0. The van der Waals surface area contributed by atoms with Gasteiger partial charge in [0.2, 0.25) is 0 Å². The first-order valence-electron chi connectivity index (χ1n) is 8.90. The lowest BCUT2D eigenvalue weighted by molar-refractivity contribution is -0.279. The molecular weight excluding hydrogens is 435 g/mol. The maximum absolute atomic E-state index is 12.4. The van der Waals surface area contributed by atoms with Crippen LogP contribution in [0.3, 0.4) is 0 Å². The number of carbonyl (C=O) groups excluding carboxylic acids is 1. The zero-order chi connectivity index (χ0) is 23.7. The van der Waals surface area contributed by atoms with Crippen LogP contribution in [-0.2, 0) is 11.2 Å². The number of nitrogens with one attached hydrogen (secondary N) is 2. The van der Waals surface area contributed by atoms with E-state index in [4.69, 9.17) is 9.94 Å². The molecule has 0 atom stereocenters. The maximum atomic E-state index is 12.4. The Morgan fingerprint density at radius 3 is 2.53 bits per heavy atom. The average Bonchev–Trinajstić information content (AvgIpc) is 3.04. The van der Waals surface area contributed by atoms with Crippen LogP contribution in [0.2, 0.25) is 0 Å². The Labute approximate surface area is 178 Å². The molecule has 0 radical (unpaired) electrons. The second-order valence-corrected chi connectivity index (χ2v) is 6.76. The summed E-state index contributed by atoms with van der Waals surface area (Å²) in [5, 5.41) is 41.0. The molecule has 2 aromatic rings. The molecule has 1 aliphatic heterocycles. The van der Waals surface area contributed by atoms with Crippen molar-refractivity contribution >= 4 is 11.6 Å². The van der Waals surface area contributed by atoms with Crippen LogP contribution in [0.1, 0.15) is 11.1 Å². The molecule has 0 saturated heterocycles. The molecule has 32 heavy (non-hydrogen) atoms. The van der Waals surface area contributed by atoms with Gasteiger partial charge in [-0.15, -0.1) is 13.2 Å². The number of halogens is 3. The number of ether oxygens (including phenoxy) is 2. The molecule has 0 bridgehead atoms. The summed E-state index contributed by atoms with van der Waals surface area (Å²) in [6, 6.07) is 8.05. The van der Waals surface area contributed by atoms with E-state index in [0.717, 1.165) is 12.1 Å². The van der Waals surface area contributed by atoms with Crippen molar-refractivity contribution in [1.82, 2.24) is 5.48 Å². The van der Waals surface area contributed by atoms with Crippen LogP contribution in [0.5, 0.6) is 11.5 Å². The van der Waals surface area contributed by atoms with Gasteiger partial charge in [-0.25, -0.2) is 5.48 Å². The Kier molecular flexibility index (Phi) is 6.00. The largest absolute Gasteiger partial charge is 0.573 e. The quantitative estimate of drug-likeness (QED) is 0.195. The predicted octanol–water partition coefficient (Wildman–Crippen LogP) is 2.17. The Bertz CT molecular complexity index is 1110. The van der Waals surface area contributed by atoms with Crippen molar-refractivity contribution in [3.63, 3.8) is 0 Å². The van der Waals surface area contributed by atoms with Gasteiger partial charge in [0.05, 0.1) is 17.7 Å². The Morgan fingerprint density at radius 2 is 1.97 bits per heavy atom. The number of aliphatic hydroxyl groups is 2. The number of hydrogen-bond acceptors (Lipinski definition) is 8. The first kappa shape index (κ1) is 22.9. The first-order valence-corrected chi connectivity index (χ1v) is 8.90. The summed E-state index contributed by atoms with van der Waals surface area (Å²) >= 11 is 0. The third-order valence-electron chi connectivity index (χ3n) is 4.48. The van der Waals surface area contributed by atoms with E-state index in [0.29, 0.717) is 5.56 Å². The number of carbonyl (C=O) groups is 1. The summed E-state index contributed by atoms with van der Waals surface area (Å²) in [4.78, 5) is 11.4. The number of hydroxylamine groups is 1. The second kappa shape index (κ2) is 8.39. The molecule has 1 amide bonds. The monoisotopic (exact) mass is 451 g/mol. The van der Waals surface area contributed by atoms with Gasteiger partial charge >= 0.3 is 12.3 Å². The number of alkyl halides is 3. The highest BCUT2D eigenvalue weighted by Crippen LogP contribution is 2.46. The van der Waals surface area contributed by atoms with Crippen LogP contribution in [-0.4, -0.2) is 40.2 Å². The third kappa shape index (κ3) is 4.92. The molecule has 1 aliphatic rings. The molecule has 168 valence electrons. The molecule has 12 heteroatoms. The third-order valence-corrected chi connectivity index (χ3v) is 4.48. The van der Waals surface area contributed by atoms with Crippen LogP contribution in [0, 0.1) is 11.3 Å². The summed E-state index contributed by atoms with van der Waals surface area (Å²) < 4.78 is 46.3. The number of nitrogens with zero attached hydrogens (tertiary/aromatic N) is 1. The molecule has 0 spiro atoms. The van der Waals surface area contributed by atoms with E-state index in [2.05, 4.69) is 16.6 Å². The van der Waals surface area contributed by atoms with E-state index < -0.39 is 30.4 Å². The van der Waals surface area contributed by atoms with Crippen LogP contribution in [0.25, 0.3) is 11.1 Å². The molecule has 0 fully saturated rings. The van der Waals surface area contributed by atoms with Gasteiger partial charge in [0.1, 0.15) is 17.6 Å². The lowest BCUT2D eigenvalue weighted by Crippen LogP contribution is -2.33. The number of benzene rings is 2. The van der Waals surface area contributed by atoms with E-state index >= 15 is 0 Å². The van der Waals surface area contributed by atoms with E-state index in [1.54, 1.807) is 0 Å². The number of nitriles is 1. The molecule has 9 nitrogen and oxygen atoms in total. The van der Waals surface area contributed by atoms with Crippen molar-refractivity contribution in [1.29, 1.82) is 5.26 Å². The van der Waals surface area contributed by atoms with E-state index in [-0.39, 0.29) is 40.2 Å². The van der Waals surface area contributed by atoms with E-state index in [1.165, 1.54) is 23.7 Å². The fourth-order valence-electron chi connectivity index (χ4n) is 3.11. The molecule has 2 aromatic carbocycles. The zero-order valence-electron chi connectivity index (χ0n) is 16.2. The molecule has 0 aliphatic carbocycles. The zero-order valence-corrected chi connectivity index (χ0v) is 16.2. The topological polar surface area (TPSA) is 144 Å². The number of fused-ring (bicyclic) bond motifs is 1. The van der Waals surface area contributed by atoms with Crippen LogP contribution in [0.4, 0.5) is 18.9 Å². The number of amides is 1. The fraction of sp³-hybridized carbons (Fsp3) is 0.200. The standard InChI is InChI=1S/C20H16F3N3O6/c1-10(18(27)26-30)9-25-16-6-13(11-2-4-12(5-3-11)31-20(21,22)23)17-14(15(16)8-24)7-19(28,29)32-17/h2-6,25,28-30H,1,7,9H2,(H,26,27). The van der Waals surface area contributed by atoms with Crippen LogP contribution in [0.15, 0.2) is 42.5 Å². The minimum atomic E-state index is -4.87. The number of anilines is 1. The summed E-state index contributed by atoms with van der Waals surface area (Å²) in [6.07, 6.45) is -5.32. The minimum Gasteiger partial charge on any atom is -0.438 e. The predicted molar refractivity (Wildman–Crippen MR) is 102 cm³/mol. The smallest absolute Gasteiger partial charge is 0.438 e. The molecular formula is C20H16F3N3O6. The summed E-state index contributed by atoms with van der Waals surface area (Å²) in [5.41, 5.74) is 2.23. The molecule has 1 heterocycles. The Balaban J connectivity index is 2.04. The van der Waals surface area contributed by atoms with Crippen molar-refractivity contribution in [3.8, 4) is 28.7 Å². The van der Waals surface area contributed by atoms with Crippen molar-refractivity contribution in [2.24, 2.45) is 0 Å². The van der Waals surface area contributed by atoms with Crippen molar-refractivity contribution in [2.45, 2.75) is 18.8 Å². The van der Waals surface area contributed by atoms with Gasteiger partial charge in [-0.05, 0) is 23.8 Å². The fourth-order valence-corrected chi connectivity index (χ4v) is 3.11. The maximum Gasteiger partial charge on any atom is 0.573 e. The van der Waals surface area contributed by atoms with Crippen LogP contribution < -0.4 is 20.3 Å². The lowest BCUT2D eigenvalue weighted by Gasteiger charge is -2.17. The Hall–Kier alpha value is -3.79. The molecule has 0 saturated carbocycles. The molecule has 5 N–H and O–H groups in total. The van der Waals surface area contributed by atoms with E-state index in [9.17, 15) is 33.4 Å². The molecule has 0 aromatic heterocycles. The van der Waals surface area contributed by atoms with E-state index in [1.807, 2.05) is 6.07 Å². The molecule has 3 rings (SSSR count). The van der Waals surface area contributed by atoms with Gasteiger partial charge in [-0.2, -0.15) is 5.26 Å². The molecule has 0 unspecified atom stereocenters. The summed E-state index contributed by atoms with van der Waals surface area (Å²) in [5.74, 6) is -3.95. The van der Waals surface area contributed by atoms with Gasteiger partial charge in [-0.1, -0.05) is 18.7 Å². The van der Waals surface area contributed by atoms with Crippen molar-refractivity contribution in [3.05, 3.63) is 53.6 Å². The second-order valence-electron chi connectivity index (χ2n) is 6.76. The SMILES string of the molecule is C=C(CNc1cc(-c2ccc(OC(F)(F)F)cc2)c2c(c1C#N)CC(O)(O)O2)C(=O)NO. The summed E-state index contributed by atoms with van der Waals surface area (Å²) in [6.45, 7) is 3.30. The van der Waals surface area contributed by atoms with Crippen molar-refractivity contribution in [2.75, 3.05) is 11.9 Å². The van der Waals surface area contributed by atoms with Gasteiger partial charge in [0, 0.05) is 23.2 Å². The highest BCUT2D eigenvalue weighted by Gasteiger charge is 2.40. The normalized spacial score (nSPS) is 14.0. The van der Waals surface area contributed by atoms with Gasteiger partial charge in [-0.3, -0.25) is 10.0 Å². The first-order chi connectivity index (χ1) is 14.9. The highest BCUT2D eigenvalue weighted by atomic mass is 19.4. The number of rotatable bonds is 6.